The van der Waals surface area contributed by atoms with E-state index < -0.39 is 5.91 Å². The van der Waals surface area contributed by atoms with Crippen molar-refractivity contribution in [3.05, 3.63) is 71.5 Å². The second-order valence-corrected chi connectivity index (χ2v) is 7.15. The van der Waals surface area contributed by atoms with Crippen molar-refractivity contribution in [1.29, 1.82) is 0 Å². The molecule has 0 atom stereocenters. The van der Waals surface area contributed by atoms with Gasteiger partial charge in [-0.2, -0.15) is 0 Å². The van der Waals surface area contributed by atoms with Crippen LogP contribution < -0.4 is 15.4 Å². The zero-order chi connectivity index (χ0) is 21.3. The van der Waals surface area contributed by atoms with Crippen molar-refractivity contribution in [3.63, 3.8) is 0 Å². The van der Waals surface area contributed by atoms with Crippen LogP contribution in [0.15, 0.2) is 59.0 Å². The first kappa shape index (κ1) is 19.5. The number of fused-ring (bicyclic) bond motifs is 3. The molecule has 2 N–H and O–H groups in total. The highest BCUT2D eigenvalue weighted by atomic mass is 16.5. The van der Waals surface area contributed by atoms with E-state index in [1.54, 1.807) is 6.07 Å². The van der Waals surface area contributed by atoms with E-state index in [1.165, 1.54) is 7.11 Å². The third-order valence-electron chi connectivity index (χ3n) is 5.07. The molecule has 4 aromatic rings. The van der Waals surface area contributed by atoms with Gasteiger partial charge in [0.05, 0.1) is 19.3 Å². The van der Waals surface area contributed by atoms with Crippen LogP contribution in [0.1, 0.15) is 21.7 Å². The van der Waals surface area contributed by atoms with Gasteiger partial charge in [0.1, 0.15) is 11.3 Å². The Morgan fingerprint density at radius 2 is 1.80 bits per heavy atom. The van der Waals surface area contributed by atoms with Crippen molar-refractivity contribution in [1.82, 2.24) is 5.32 Å². The van der Waals surface area contributed by atoms with Crippen LogP contribution in [0, 0.1) is 13.8 Å². The summed E-state index contributed by atoms with van der Waals surface area (Å²) in [5.41, 5.74) is 2.96. The van der Waals surface area contributed by atoms with Crippen LogP contribution in [0.3, 0.4) is 0 Å². The van der Waals surface area contributed by atoms with Gasteiger partial charge in [-0.05, 0) is 36.9 Å². The molecule has 0 saturated carbocycles. The predicted octanol–water partition coefficient (Wildman–Crippen LogP) is 4.58. The van der Waals surface area contributed by atoms with Gasteiger partial charge in [0.15, 0.2) is 5.76 Å². The smallest absolute Gasteiger partial charge is 0.287 e. The SMILES string of the molecule is COc1ccc(C)cc1NC(=O)CNC(=O)c1oc2c(ccc3ccccc32)c1C. The molecule has 0 unspecified atom stereocenters. The summed E-state index contributed by atoms with van der Waals surface area (Å²) in [5.74, 6) is -0.0202. The van der Waals surface area contributed by atoms with E-state index in [-0.39, 0.29) is 18.2 Å². The molecule has 1 aromatic heterocycles. The van der Waals surface area contributed by atoms with Crippen molar-refractivity contribution in [2.75, 3.05) is 19.0 Å². The zero-order valence-corrected chi connectivity index (χ0v) is 17.0. The predicted molar refractivity (Wildman–Crippen MR) is 117 cm³/mol. The molecular formula is C24H22N2O4. The maximum Gasteiger partial charge on any atom is 0.287 e. The van der Waals surface area contributed by atoms with Crippen LogP contribution in [-0.2, 0) is 4.79 Å². The molecule has 0 radical (unpaired) electrons. The Morgan fingerprint density at radius 3 is 2.60 bits per heavy atom. The molecule has 0 saturated heterocycles. The molecule has 4 rings (SSSR count). The third kappa shape index (κ3) is 3.59. The van der Waals surface area contributed by atoms with Crippen LogP contribution in [0.4, 0.5) is 5.69 Å². The summed E-state index contributed by atoms with van der Waals surface area (Å²) in [6.45, 7) is 3.57. The van der Waals surface area contributed by atoms with Gasteiger partial charge in [0, 0.05) is 16.3 Å². The number of anilines is 1. The van der Waals surface area contributed by atoms with Gasteiger partial charge >= 0.3 is 0 Å². The molecule has 30 heavy (non-hydrogen) atoms. The number of carbonyl (C=O) groups is 2. The molecule has 0 aliphatic carbocycles. The van der Waals surface area contributed by atoms with Crippen molar-refractivity contribution < 1.29 is 18.7 Å². The molecule has 1 heterocycles. The van der Waals surface area contributed by atoms with Crippen LogP contribution in [-0.4, -0.2) is 25.5 Å². The molecule has 2 amide bonds. The number of hydrogen-bond acceptors (Lipinski definition) is 4. The standard InChI is InChI=1S/C24H22N2O4/c1-14-8-11-20(29-3)19(12-14)26-21(27)13-25-24(28)22-15(2)17-10-9-16-6-4-5-7-18(16)23(17)30-22/h4-12H,13H2,1-3H3,(H,25,28)(H,26,27). The Hall–Kier alpha value is -3.80. The Bertz CT molecular complexity index is 1270. The van der Waals surface area contributed by atoms with E-state index in [0.29, 0.717) is 17.0 Å². The van der Waals surface area contributed by atoms with Gasteiger partial charge < -0.3 is 19.8 Å². The number of methoxy groups -OCH3 is 1. The van der Waals surface area contributed by atoms with Gasteiger partial charge in [-0.25, -0.2) is 0 Å². The fourth-order valence-corrected chi connectivity index (χ4v) is 3.52. The number of hydrogen-bond donors (Lipinski definition) is 2. The van der Waals surface area contributed by atoms with Crippen LogP contribution in [0.5, 0.6) is 5.75 Å². The van der Waals surface area contributed by atoms with Crippen LogP contribution in [0.2, 0.25) is 0 Å². The summed E-state index contributed by atoms with van der Waals surface area (Å²) in [6.07, 6.45) is 0. The Labute approximate surface area is 173 Å². The van der Waals surface area contributed by atoms with E-state index in [1.807, 2.05) is 62.4 Å². The molecule has 0 bridgehead atoms. The van der Waals surface area contributed by atoms with Gasteiger partial charge in [-0.1, -0.05) is 42.5 Å². The molecule has 0 aliphatic heterocycles. The molecule has 6 nitrogen and oxygen atoms in total. The fraction of sp³-hybridized carbons (Fsp3) is 0.167. The van der Waals surface area contributed by atoms with Crippen LogP contribution >= 0.6 is 0 Å². The average Bonchev–Trinajstić information content (AvgIpc) is 3.09. The van der Waals surface area contributed by atoms with Gasteiger partial charge in [-0.15, -0.1) is 0 Å². The molecule has 0 aliphatic rings. The normalized spacial score (nSPS) is 10.9. The highest BCUT2D eigenvalue weighted by Crippen LogP contribution is 2.31. The van der Waals surface area contributed by atoms with E-state index in [0.717, 1.165) is 27.3 Å². The lowest BCUT2D eigenvalue weighted by atomic mass is 10.1. The zero-order valence-electron chi connectivity index (χ0n) is 17.0. The molecule has 152 valence electrons. The van der Waals surface area contributed by atoms with Gasteiger partial charge in [0.2, 0.25) is 5.91 Å². The molecule has 0 fully saturated rings. The molecule has 3 aromatic carbocycles. The fourth-order valence-electron chi connectivity index (χ4n) is 3.52. The van der Waals surface area contributed by atoms with Gasteiger partial charge in [0.25, 0.3) is 5.91 Å². The summed E-state index contributed by atoms with van der Waals surface area (Å²) in [4.78, 5) is 25.0. The first-order valence-corrected chi connectivity index (χ1v) is 9.61. The van der Waals surface area contributed by atoms with Crippen molar-refractivity contribution in [2.45, 2.75) is 13.8 Å². The lowest BCUT2D eigenvalue weighted by molar-refractivity contribution is -0.115. The number of amides is 2. The highest BCUT2D eigenvalue weighted by Gasteiger charge is 2.19. The quantitative estimate of drug-likeness (QED) is 0.512. The summed E-state index contributed by atoms with van der Waals surface area (Å²) in [7, 11) is 1.54. The summed E-state index contributed by atoms with van der Waals surface area (Å²) in [5, 5.41) is 8.27. The Kier molecular flexibility index (Phi) is 5.14. The Balaban J connectivity index is 1.51. The summed E-state index contributed by atoms with van der Waals surface area (Å²) < 4.78 is 11.2. The largest absolute Gasteiger partial charge is 0.495 e. The number of benzene rings is 3. The number of ether oxygens (including phenoxy) is 1. The van der Waals surface area contributed by atoms with Crippen molar-refractivity contribution in [2.24, 2.45) is 0 Å². The lowest BCUT2D eigenvalue weighted by Gasteiger charge is -2.11. The van der Waals surface area contributed by atoms with E-state index >= 15 is 0 Å². The minimum absolute atomic E-state index is 0.187. The second kappa shape index (κ2) is 7.91. The maximum atomic E-state index is 12.7. The summed E-state index contributed by atoms with van der Waals surface area (Å²) in [6, 6.07) is 17.3. The topological polar surface area (TPSA) is 80.6 Å². The first-order valence-electron chi connectivity index (χ1n) is 9.61. The molecule has 0 spiro atoms. The van der Waals surface area contributed by atoms with E-state index in [2.05, 4.69) is 10.6 Å². The number of nitrogens with one attached hydrogen (secondary N) is 2. The number of furan rings is 1. The molecular weight excluding hydrogens is 380 g/mol. The number of rotatable bonds is 5. The van der Waals surface area contributed by atoms with E-state index in [9.17, 15) is 9.59 Å². The maximum absolute atomic E-state index is 12.7. The Morgan fingerprint density at radius 1 is 1.00 bits per heavy atom. The minimum atomic E-state index is -0.431. The number of carbonyl (C=O) groups excluding carboxylic acids is 2. The second-order valence-electron chi connectivity index (χ2n) is 7.15. The number of aryl methyl sites for hydroxylation is 2. The molecule has 6 heteroatoms. The summed E-state index contributed by atoms with van der Waals surface area (Å²) >= 11 is 0. The van der Waals surface area contributed by atoms with Crippen LogP contribution in [0.25, 0.3) is 21.7 Å². The van der Waals surface area contributed by atoms with Crippen molar-refractivity contribution >= 4 is 39.2 Å². The monoisotopic (exact) mass is 402 g/mol. The first-order chi connectivity index (χ1) is 14.5. The highest BCUT2D eigenvalue weighted by molar-refractivity contribution is 6.09. The van der Waals surface area contributed by atoms with Gasteiger partial charge in [-0.3, -0.25) is 9.59 Å². The minimum Gasteiger partial charge on any atom is -0.495 e. The van der Waals surface area contributed by atoms with Crippen molar-refractivity contribution in [3.8, 4) is 5.75 Å². The average molecular weight is 402 g/mol. The van der Waals surface area contributed by atoms with E-state index in [4.69, 9.17) is 9.15 Å². The lowest BCUT2D eigenvalue weighted by Crippen LogP contribution is -2.33. The third-order valence-corrected chi connectivity index (χ3v) is 5.07.